The van der Waals surface area contributed by atoms with Gasteiger partial charge in [-0.25, -0.2) is 4.98 Å². The van der Waals surface area contributed by atoms with E-state index in [-0.39, 0.29) is 0 Å². The lowest BCUT2D eigenvalue weighted by atomic mass is 10.1. The van der Waals surface area contributed by atoms with Crippen molar-refractivity contribution in [2.45, 2.75) is 6.92 Å². The quantitative estimate of drug-likeness (QED) is 0.696. The molecule has 2 aromatic heterocycles. The van der Waals surface area contributed by atoms with Crippen LogP contribution in [0.3, 0.4) is 0 Å². The second kappa shape index (κ2) is 5.54. The van der Waals surface area contributed by atoms with Crippen LogP contribution in [0.2, 0.25) is 5.02 Å². The Bertz CT molecular complexity index is 816. The summed E-state index contributed by atoms with van der Waals surface area (Å²) in [7, 11) is 2.07. The molecule has 0 aliphatic heterocycles. The highest BCUT2D eigenvalue weighted by Crippen LogP contribution is 2.36. The van der Waals surface area contributed by atoms with Gasteiger partial charge in [-0.3, -0.25) is 0 Å². The first-order chi connectivity index (χ1) is 10.1. The van der Waals surface area contributed by atoms with Gasteiger partial charge >= 0.3 is 0 Å². The van der Waals surface area contributed by atoms with Gasteiger partial charge in [0.1, 0.15) is 0 Å². The summed E-state index contributed by atoms with van der Waals surface area (Å²) in [6.45, 7) is 6.53. The molecule has 2 heterocycles. The van der Waals surface area contributed by atoms with Gasteiger partial charge in [0, 0.05) is 46.2 Å². The molecule has 108 valence electrons. The fourth-order valence-electron chi connectivity index (χ4n) is 2.50. The van der Waals surface area contributed by atoms with Gasteiger partial charge < -0.3 is 9.88 Å². The van der Waals surface area contributed by atoms with Crippen molar-refractivity contribution in [3.63, 3.8) is 0 Å². The van der Waals surface area contributed by atoms with E-state index in [0.717, 1.165) is 26.8 Å². The highest BCUT2D eigenvalue weighted by Gasteiger charge is 2.16. The Kier molecular flexibility index (Phi) is 3.74. The van der Waals surface area contributed by atoms with Crippen LogP contribution in [0.5, 0.6) is 0 Å². The van der Waals surface area contributed by atoms with Gasteiger partial charge in [-0.1, -0.05) is 17.7 Å². The number of nitrogens with one attached hydrogen (secondary N) is 1. The zero-order chi connectivity index (χ0) is 15.0. The number of anilines is 1. The zero-order valence-electron chi connectivity index (χ0n) is 12.0. The molecule has 0 amide bonds. The van der Waals surface area contributed by atoms with Crippen molar-refractivity contribution >= 4 is 39.0 Å². The van der Waals surface area contributed by atoms with Crippen LogP contribution in [0.15, 0.2) is 36.2 Å². The van der Waals surface area contributed by atoms with Crippen LogP contribution in [0.1, 0.15) is 5.69 Å². The lowest BCUT2D eigenvalue weighted by molar-refractivity contribution is 0.919. The Morgan fingerprint density at radius 2 is 2.29 bits per heavy atom. The number of benzene rings is 1. The summed E-state index contributed by atoms with van der Waals surface area (Å²) >= 11 is 7.77. The number of halogens is 1. The largest absolute Gasteiger partial charge is 0.358 e. The van der Waals surface area contributed by atoms with E-state index in [9.17, 15) is 0 Å². The third-order valence-electron chi connectivity index (χ3n) is 3.61. The van der Waals surface area contributed by atoms with Crippen LogP contribution in [-0.2, 0) is 7.05 Å². The molecule has 3 aromatic rings. The molecule has 0 atom stereocenters. The molecule has 21 heavy (non-hydrogen) atoms. The minimum atomic E-state index is 0.716. The summed E-state index contributed by atoms with van der Waals surface area (Å²) < 4.78 is 2.18. The molecular weight excluding hydrogens is 302 g/mol. The minimum absolute atomic E-state index is 0.716. The molecule has 0 radical (unpaired) electrons. The molecule has 0 aliphatic carbocycles. The number of aromatic nitrogens is 2. The van der Waals surface area contributed by atoms with Crippen molar-refractivity contribution in [3.05, 3.63) is 47.0 Å². The highest BCUT2D eigenvalue weighted by atomic mass is 35.5. The normalized spacial score (nSPS) is 11.0. The zero-order valence-corrected chi connectivity index (χ0v) is 13.6. The number of hydrogen-bond donors (Lipinski definition) is 1. The molecule has 1 aromatic carbocycles. The number of aryl methyl sites for hydroxylation is 1. The Labute approximate surface area is 132 Å². The first kappa shape index (κ1) is 14.2. The fourth-order valence-corrected chi connectivity index (χ4v) is 3.38. The second-order valence-electron chi connectivity index (χ2n) is 4.89. The van der Waals surface area contributed by atoms with Crippen molar-refractivity contribution in [3.8, 4) is 11.3 Å². The molecule has 0 bridgehead atoms. The predicted octanol–water partition coefficient (Wildman–Crippen LogP) is 4.86. The summed E-state index contributed by atoms with van der Waals surface area (Å²) in [5.74, 6) is 0. The van der Waals surface area contributed by atoms with Crippen molar-refractivity contribution < 1.29 is 0 Å². The van der Waals surface area contributed by atoms with Gasteiger partial charge in [-0.05, 0) is 25.1 Å². The van der Waals surface area contributed by atoms with Crippen LogP contribution in [0, 0.1) is 6.92 Å². The van der Waals surface area contributed by atoms with Gasteiger partial charge in [-0.15, -0.1) is 17.9 Å². The van der Waals surface area contributed by atoms with Crippen LogP contribution in [-0.4, -0.2) is 16.1 Å². The van der Waals surface area contributed by atoms with E-state index in [1.54, 1.807) is 11.3 Å². The average Bonchev–Trinajstić information content (AvgIpc) is 3.01. The third kappa shape index (κ3) is 2.45. The van der Waals surface area contributed by atoms with E-state index in [0.29, 0.717) is 6.54 Å². The van der Waals surface area contributed by atoms with Crippen molar-refractivity contribution in [1.82, 2.24) is 9.55 Å². The fraction of sp³-hybridized carbons (Fsp3) is 0.188. The highest BCUT2D eigenvalue weighted by molar-refractivity contribution is 7.14. The van der Waals surface area contributed by atoms with Crippen molar-refractivity contribution in [1.29, 1.82) is 0 Å². The average molecular weight is 318 g/mol. The molecule has 0 spiro atoms. The second-order valence-corrected chi connectivity index (χ2v) is 6.18. The summed E-state index contributed by atoms with van der Waals surface area (Å²) in [5, 5.41) is 8.10. The molecule has 5 heteroatoms. The molecule has 0 saturated heterocycles. The summed E-state index contributed by atoms with van der Waals surface area (Å²) in [6, 6.07) is 5.98. The maximum atomic E-state index is 6.16. The van der Waals surface area contributed by atoms with E-state index in [2.05, 4.69) is 46.9 Å². The minimum Gasteiger partial charge on any atom is -0.358 e. The van der Waals surface area contributed by atoms with E-state index < -0.39 is 0 Å². The SMILES string of the molecule is C=CCNc1nc(-c2c(C)n(C)c3ccc(Cl)cc23)cs1. The topological polar surface area (TPSA) is 29.9 Å². The standard InChI is InChI=1S/C16H16ClN3S/c1-4-7-18-16-19-13(9-21-16)15-10(2)20(3)14-6-5-11(17)8-12(14)15/h4-6,8-9H,1,7H2,2-3H3,(H,18,19). The van der Waals surface area contributed by atoms with Crippen LogP contribution >= 0.6 is 22.9 Å². The Morgan fingerprint density at radius 3 is 3.05 bits per heavy atom. The van der Waals surface area contributed by atoms with Crippen LogP contribution in [0.4, 0.5) is 5.13 Å². The maximum absolute atomic E-state index is 6.16. The number of nitrogens with zero attached hydrogens (tertiary/aromatic N) is 2. The lowest BCUT2D eigenvalue weighted by Gasteiger charge is -1.99. The summed E-state index contributed by atoms with van der Waals surface area (Å²) in [6.07, 6.45) is 1.82. The smallest absolute Gasteiger partial charge is 0.183 e. The first-order valence-corrected chi connectivity index (χ1v) is 7.92. The molecule has 0 fully saturated rings. The lowest BCUT2D eigenvalue weighted by Crippen LogP contribution is -1.96. The molecular formula is C16H16ClN3S. The Hall–Kier alpha value is -1.78. The molecule has 3 rings (SSSR count). The summed E-state index contributed by atoms with van der Waals surface area (Å²) in [5.41, 5.74) is 4.49. The van der Waals surface area contributed by atoms with Gasteiger partial charge in [0.15, 0.2) is 5.13 Å². The van der Waals surface area contributed by atoms with Gasteiger partial charge in [0.25, 0.3) is 0 Å². The van der Waals surface area contributed by atoms with Crippen LogP contribution in [0.25, 0.3) is 22.2 Å². The van der Waals surface area contributed by atoms with Crippen LogP contribution < -0.4 is 5.32 Å². The number of rotatable bonds is 4. The third-order valence-corrected chi connectivity index (χ3v) is 4.65. The monoisotopic (exact) mass is 317 g/mol. The van der Waals surface area contributed by atoms with E-state index in [1.165, 1.54) is 11.2 Å². The summed E-state index contributed by atoms with van der Waals surface area (Å²) in [4.78, 5) is 4.68. The molecule has 3 nitrogen and oxygen atoms in total. The van der Waals surface area contributed by atoms with Gasteiger partial charge in [0.05, 0.1) is 5.69 Å². The molecule has 0 saturated carbocycles. The Morgan fingerprint density at radius 1 is 1.48 bits per heavy atom. The molecule has 0 aliphatic rings. The van der Waals surface area contributed by atoms with Gasteiger partial charge in [0.2, 0.25) is 0 Å². The van der Waals surface area contributed by atoms with Gasteiger partial charge in [-0.2, -0.15) is 0 Å². The number of hydrogen-bond acceptors (Lipinski definition) is 3. The van der Waals surface area contributed by atoms with Crippen molar-refractivity contribution in [2.75, 3.05) is 11.9 Å². The van der Waals surface area contributed by atoms with Crippen molar-refractivity contribution in [2.24, 2.45) is 7.05 Å². The number of fused-ring (bicyclic) bond motifs is 1. The number of thiazole rings is 1. The van der Waals surface area contributed by atoms with E-state index in [4.69, 9.17) is 11.6 Å². The predicted molar refractivity (Wildman–Crippen MR) is 92.5 cm³/mol. The van der Waals surface area contributed by atoms with E-state index in [1.807, 2.05) is 18.2 Å². The first-order valence-electron chi connectivity index (χ1n) is 6.67. The molecule has 1 N–H and O–H groups in total. The Balaban J connectivity index is 2.15. The maximum Gasteiger partial charge on any atom is 0.183 e. The van der Waals surface area contributed by atoms with E-state index >= 15 is 0 Å². The molecule has 0 unspecified atom stereocenters.